The quantitative estimate of drug-likeness (QED) is 0.730. The van der Waals surface area contributed by atoms with Gasteiger partial charge in [0.25, 0.3) is 0 Å². The molecule has 1 fully saturated rings. The maximum atomic E-state index is 6.01. The van der Waals surface area contributed by atoms with Crippen molar-refractivity contribution in [1.82, 2.24) is 10.2 Å². The van der Waals surface area contributed by atoms with Crippen molar-refractivity contribution in [1.29, 1.82) is 0 Å². The number of nitrogens with one attached hydrogen (secondary N) is 1. The van der Waals surface area contributed by atoms with E-state index in [0.717, 1.165) is 37.6 Å². The van der Waals surface area contributed by atoms with Crippen LogP contribution < -0.4 is 5.32 Å². The van der Waals surface area contributed by atoms with Gasteiger partial charge < -0.3 is 5.32 Å². The highest BCUT2D eigenvalue weighted by Gasteiger charge is 2.23. The standard InChI is InChI=1S/C20H23ClN2S/c1-2-5-19(23-14-12-22-13-15-23)18-6-3-4-7-20(18)24-17-10-8-16(21)9-11-17/h2-4,6-11,19,22H,1,5,12-15H2/t19-/m0/s1. The molecule has 2 aromatic carbocycles. The average Bonchev–Trinajstić information content (AvgIpc) is 2.63. The molecule has 2 nitrogen and oxygen atoms in total. The van der Waals surface area contributed by atoms with E-state index in [1.807, 2.05) is 18.2 Å². The fourth-order valence-electron chi connectivity index (χ4n) is 3.10. The Kier molecular flexibility index (Phi) is 6.38. The van der Waals surface area contributed by atoms with E-state index in [0.29, 0.717) is 6.04 Å². The number of hydrogen-bond acceptors (Lipinski definition) is 3. The monoisotopic (exact) mass is 358 g/mol. The zero-order valence-electron chi connectivity index (χ0n) is 13.7. The van der Waals surface area contributed by atoms with Crippen LogP contribution in [0.5, 0.6) is 0 Å². The van der Waals surface area contributed by atoms with E-state index in [-0.39, 0.29) is 0 Å². The SMILES string of the molecule is C=CC[C@@H](c1ccccc1Sc1ccc(Cl)cc1)N1CCNCC1. The van der Waals surface area contributed by atoms with Crippen molar-refractivity contribution in [2.75, 3.05) is 26.2 Å². The Labute approximate surface area is 153 Å². The van der Waals surface area contributed by atoms with Gasteiger partial charge in [0.1, 0.15) is 0 Å². The van der Waals surface area contributed by atoms with Gasteiger partial charge in [0.15, 0.2) is 0 Å². The lowest BCUT2D eigenvalue weighted by Gasteiger charge is -2.35. The Morgan fingerprint density at radius 2 is 1.83 bits per heavy atom. The summed E-state index contributed by atoms with van der Waals surface area (Å²) in [6.45, 7) is 8.26. The van der Waals surface area contributed by atoms with Crippen LogP contribution in [0.1, 0.15) is 18.0 Å². The zero-order valence-corrected chi connectivity index (χ0v) is 15.3. The summed E-state index contributed by atoms with van der Waals surface area (Å²) in [6.07, 6.45) is 3.01. The van der Waals surface area contributed by atoms with Crippen molar-refractivity contribution in [3.8, 4) is 0 Å². The predicted octanol–water partition coefficient (Wildman–Crippen LogP) is 5.01. The van der Waals surface area contributed by atoms with Gasteiger partial charge in [0.2, 0.25) is 0 Å². The smallest absolute Gasteiger partial charge is 0.0406 e. The number of rotatable bonds is 6. The van der Waals surface area contributed by atoms with Crippen molar-refractivity contribution in [3.05, 3.63) is 71.8 Å². The molecule has 24 heavy (non-hydrogen) atoms. The minimum atomic E-state index is 0.389. The molecule has 1 saturated heterocycles. The second kappa shape index (κ2) is 8.72. The second-order valence-corrected chi connectivity index (χ2v) is 7.47. The molecule has 126 valence electrons. The highest BCUT2D eigenvalue weighted by atomic mass is 35.5. The largest absolute Gasteiger partial charge is 0.314 e. The number of piperazine rings is 1. The summed E-state index contributed by atoms with van der Waals surface area (Å²) < 4.78 is 0. The molecule has 0 unspecified atom stereocenters. The lowest BCUT2D eigenvalue weighted by molar-refractivity contribution is 0.172. The minimum absolute atomic E-state index is 0.389. The molecular weight excluding hydrogens is 336 g/mol. The fourth-order valence-corrected chi connectivity index (χ4v) is 4.22. The third-order valence-electron chi connectivity index (χ3n) is 4.30. The zero-order chi connectivity index (χ0) is 16.8. The Hall–Kier alpha value is -1.26. The number of nitrogens with zero attached hydrogens (tertiary/aromatic N) is 1. The van der Waals surface area contributed by atoms with Crippen LogP contribution in [0.4, 0.5) is 0 Å². The van der Waals surface area contributed by atoms with Crippen molar-refractivity contribution < 1.29 is 0 Å². The van der Waals surface area contributed by atoms with Crippen molar-refractivity contribution in [3.63, 3.8) is 0 Å². The van der Waals surface area contributed by atoms with Gasteiger partial charge in [-0.25, -0.2) is 0 Å². The second-order valence-electron chi connectivity index (χ2n) is 5.92. The van der Waals surface area contributed by atoms with E-state index >= 15 is 0 Å². The molecule has 1 aliphatic rings. The number of hydrogen-bond donors (Lipinski definition) is 1. The normalized spacial score (nSPS) is 16.7. The first-order valence-corrected chi connectivity index (χ1v) is 9.55. The van der Waals surface area contributed by atoms with Crippen LogP contribution in [0.15, 0.2) is 71.0 Å². The van der Waals surface area contributed by atoms with Gasteiger partial charge in [0.05, 0.1) is 0 Å². The molecular formula is C20H23ClN2S. The lowest BCUT2D eigenvalue weighted by atomic mass is 10.0. The van der Waals surface area contributed by atoms with E-state index in [1.54, 1.807) is 11.8 Å². The van der Waals surface area contributed by atoms with Gasteiger partial charge in [-0.05, 0) is 42.3 Å². The van der Waals surface area contributed by atoms with E-state index in [2.05, 4.69) is 53.2 Å². The molecule has 0 radical (unpaired) electrons. The number of halogens is 1. The van der Waals surface area contributed by atoms with Crippen LogP contribution in [0.2, 0.25) is 5.02 Å². The fraction of sp³-hybridized carbons (Fsp3) is 0.300. The predicted molar refractivity (Wildman–Crippen MR) is 104 cm³/mol. The molecule has 1 N–H and O–H groups in total. The van der Waals surface area contributed by atoms with Crippen molar-refractivity contribution in [2.45, 2.75) is 22.3 Å². The van der Waals surface area contributed by atoms with E-state index in [9.17, 15) is 0 Å². The molecule has 2 aromatic rings. The van der Waals surface area contributed by atoms with Gasteiger partial charge in [0, 0.05) is 47.0 Å². The summed E-state index contributed by atoms with van der Waals surface area (Å²) >= 11 is 7.81. The third kappa shape index (κ3) is 4.42. The first kappa shape index (κ1) is 17.6. The molecule has 0 aromatic heterocycles. The highest BCUT2D eigenvalue weighted by molar-refractivity contribution is 7.99. The Morgan fingerprint density at radius 1 is 1.12 bits per heavy atom. The summed E-state index contributed by atoms with van der Waals surface area (Å²) in [5.74, 6) is 0. The van der Waals surface area contributed by atoms with E-state index in [1.165, 1.54) is 15.4 Å². The third-order valence-corrected chi connectivity index (χ3v) is 5.65. The summed E-state index contributed by atoms with van der Waals surface area (Å²) in [4.78, 5) is 5.09. The topological polar surface area (TPSA) is 15.3 Å². The molecule has 0 saturated carbocycles. The molecule has 0 aliphatic carbocycles. The Morgan fingerprint density at radius 3 is 2.54 bits per heavy atom. The summed E-state index contributed by atoms with van der Waals surface area (Å²) in [5, 5.41) is 4.21. The van der Waals surface area contributed by atoms with Gasteiger partial charge in [-0.15, -0.1) is 6.58 Å². The maximum absolute atomic E-state index is 6.01. The molecule has 1 atom stereocenters. The van der Waals surface area contributed by atoms with E-state index < -0.39 is 0 Å². The van der Waals surface area contributed by atoms with Crippen LogP contribution >= 0.6 is 23.4 Å². The van der Waals surface area contributed by atoms with E-state index in [4.69, 9.17) is 11.6 Å². The van der Waals surface area contributed by atoms with Gasteiger partial charge >= 0.3 is 0 Å². The average molecular weight is 359 g/mol. The Balaban J connectivity index is 1.87. The molecule has 0 spiro atoms. The number of benzene rings is 2. The summed E-state index contributed by atoms with van der Waals surface area (Å²) in [7, 11) is 0. The molecule has 1 heterocycles. The van der Waals surface area contributed by atoms with Crippen LogP contribution in [0, 0.1) is 0 Å². The van der Waals surface area contributed by atoms with Crippen LogP contribution in [-0.4, -0.2) is 31.1 Å². The van der Waals surface area contributed by atoms with Crippen molar-refractivity contribution in [2.24, 2.45) is 0 Å². The Bertz CT molecular complexity index is 666. The molecule has 4 heteroatoms. The van der Waals surface area contributed by atoms with Crippen LogP contribution in [-0.2, 0) is 0 Å². The first-order chi connectivity index (χ1) is 11.8. The van der Waals surface area contributed by atoms with Crippen LogP contribution in [0.25, 0.3) is 0 Å². The molecule has 0 bridgehead atoms. The minimum Gasteiger partial charge on any atom is -0.314 e. The van der Waals surface area contributed by atoms with Crippen molar-refractivity contribution >= 4 is 23.4 Å². The lowest BCUT2D eigenvalue weighted by Crippen LogP contribution is -2.45. The molecule has 3 rings (SSSR count). The molecule has 1 aliphatic heterocycles. The molecule has 0 amide bonds. The summed E-state index contributed by atoms with van der Waals surface area (Å²) in [5.41, 5.74) is 1.39. The first-order valence-electron chi connectivity index (χ1n) is 8.36. The maximum Gasteiger partial charge on any atom is 0.0406 e. The van der Waals surface area contributed by atoms with Gasteiger partial charge in [-0.3, -0.25) is 4.90 Å². The van der Waals surface area contributed by atoms with Gasteiger partial charge in [-0.1, -0.05) is 47.6 Å². The highest BCUT2D eigenvalue weighted by Crippen LogP contribution is 2.37. The van der Waals surface area contributed by atoms with Crippen LogP contribution in [0.3, 0.4) is 0 Å². The summed E-state index contributed by atoms with van der Waals surface area (Å²) in [6, 6.07) is 17.2. The van der Waals surface area contributed by atoms with Gasteiger partial charge in [-0.2, -0.15) is 0 Å².